The normalized spacial score (nSPS) is 10.8. The van der Waals surface area contributed by atoms with E-state index in [-0.39, 0.29) is 18.4 Å². The minimum Gasteiger partial charge on any atom is -0.342 e. The Labute approximate surface area is 152 Å². The van der Waals surface area contributed by atoms with Crippen LogP contribution in [0.1, 0.15) is 32.7 Å². The molecule has 3 rings (SSSR count). The summed E-state index contributed by atoms with van der Waals surface area (Å²) in [7, 11) is 0. The second-order valence-electron chi connectivity index (χ2n) is 6.63. The van der Waals surface area contributed by atoms with Crippen LogP contribution < -0.4 is 10.6 Å². The highest BCUT2D eigenvalue weighted by atomic mass is 16.2. The molecule has 0 saturated heterocycles. The fraction of sp³-hybridized carbons (Fsp3) is 0.250. The molecule has 2 amide bonds. The van der Waals surface area contributed by atoms with Crippen molar-refractivity contribution in [2.45, 2.75) is 27.7 Å². The summed E-state index contributed by atoms with van der Waals surface area (Å²) in [6.07, 6.45) is 0. The van der Waals surface area contributed by atoms with Crippen LogP contribution in [0.4, 0.5) is 5.69 Å². The largest absolute Gasteiger partial charge is 0.342 e. The molecule has 0 unspecified atom stereocenters. The van der Waals surface area contributed by atoms with Gasteiger partial charge in [0.2, 0.25) is 5.91 Å². The van der Waals surface area contributed by atoms with E-state index in [1.54, 1.807) is 0 Å². The Kier molecular flexibility index (Phi) is 4.75. The van der Waals surface area contributed by atoms with Gasteiger partial charge in [0.25, 0.3) is 5.91 Å². The van der Waals surface area contributed by atoms with E-state index in [4.69, 9.17) is 0 Å². The van der Waals surface area contributed by atoms with Crippen LogP contribution in [-0.4, -0.2) is 28.6 Å². The van der Waals surface area contributed by atoms with Gasteiger partial charge in [-0.2, -0.15) is 5.10 Å². The van der Waals surface area contributed by atoms with E-state index in [9.17, 15) is 9.59 Å². The Hall–Kier alpha value is -3.15. The smallest absolute Gasteiger partial charge is 0.272 e. The Morgan fingerprint density at radius 3 is 2.38 bits per heavy atom. The highest BCUT2D eigenvalue weighted by Crippen LogP contribution is 2.21. The molecule has 0 fully saturated rings. The zero-order valence-electron chi connectivity index (χ0n) is 15.4. The van der Waals surface area contributed by atoms with E-state index < -0.39 is 0 Å². The van der Waals surface area contributed by atoms with E-state index in [0.29, 0.717) is 5.69 Å². The first-order valence-corrected chi connectivity index (χ1v) is 8.46. The van der Waals surface area contributed by atoms with Gasteiger partial charge in [-0.15, -0.1) is 0 Å². The van der Waals surface area contributed by atoms with Gasteiger partial charge >= 0.3 is 0 Å². The van der Waals surface area contributed by atoms with Gasteiger partial charge in [-0.25, -0.2) is 0 Å². The minimum atomic E-state index is -0.380. The van der Waals surface area contributed by atoms with Gasteiger partial charge < -0.3 is 10.6 Å². The quantitative estimate of drug-likeness (QED) is 0.675. The van der Waals surface area contributed by atoms with Gasteiger partial charge in [-0.05, 0) is 51.0 Å². The van der Waals surface area contributed by atoms with Crippen molar-refractivity contribution in [3.05, 3.63) is 58.3 Å². The molecule has 26 heavy (non-hydrogen) atoms. The van der Waals surface area contributed by atoms with Crippen LogP contribution >= 0.6 is 0 Å². The Morgan fingerprint density at radius 2 is 1.69 bits per heavy atom. The molecule has 0 spiro atoms. The first kappa shape index (κ1) is 17.7. The predicted molar refractivity (Wildman–Crippen MR) is 102 cm³/mol. The number of anilines is 1. The van der Waals surface area contributed by atoms with E-state index in [1.807, 2.05) is 58.0 Å². The Bertz CT molecular complexity index is 981. The van der Waals surface area contributed by atoms with Gasteiger partial charge in [0, 0.05) is 11.1 Å². The highest BCUT2D eigenvalue weighted by Gasteiger charge is 2.16. The molecule has 3 aromatic rings. The lowest BCUT2D eigenvalue weighted by atomic mass is 10.1. The topological polar surface area (TPSA) is 86.9 Å². The summed E-state index contributed by atoms with van der Waals surface area (Å²) < 4.78 is 0. The number of nitrogens with zero attached hydrogens (tertiary/aromatic N) is 1. The molecule has 0 aliphatic carbocycles. The first-order chi connectivity index (χ1) is 12.3. The van der Waals surface area contributed by atoms with E-state index >= 15 is 0 Å². The third-order valence-electron chi connectivity index (χ3n) is 4.28. The molecule has 2 aromatic carbocycles. The second kappa shape index (κ2) is 7.00. The summed E-state index contributed by atoms with van der Waals surface area (Å²) in [5.41, 5.74) is 6.04. The number of aryl methyl sites for hydroxylation is 4. The van der Waals surface area contributed by atoms with Gasteiger partial charge in [0.05, 0.1) is 12.1 Å². The van der Waals surface area contributed by atoms with Gasteiger partial charge in [-0.1, -0.05) is 29.3 Å². The number of aromatic amines is 1. The summed E-state index contributed by atoms with van der Waals surface area (Å²) in [5.74, 6) is -0.654. The van der Waals surface area contributed by atoms with Crippen LogP contribution in [0.15, 0.2) is 30.3 Å². The third kappa shape index (κ3) is 3.59. The molecule has 1 heterocycles. The van der Waals surface area contributed by atoms with Crippen LogP contribution in [0, 0.1) is 27.7 Å². The Morgan fingerprint density at radius 1 is 1.00 bits per heavy atom. The minimum absolute atomic E-state index is 0.119. The summed E-state index contributed by atoms with van der Waals surface area (Å²) in [6.45, 7) is 7.75. The molecule has 0 atom stereocenters. The van der Waals surface area contributed by atoms with Crippen molar-refractivity contribution >= 4 is 28.4 Å². The van der Waals surface area contributed by atoms with Crippen LogP contribution in [0.3, 0.4) is 0 Å². The fourth-order valence-corrected chi connectivity index (χ4v) is 3.11. The highest BCUT2D eigenvalue weighted by molar-refractivity contribution is 6.06. The number of carbonyl (C=O) groups excluding carboxylic acids is 2. The maximum absolute atomic E-state index is 12.4. The number of rotatable bonds is 4. The van der Waals surface area contributed by atoms with Crippen LogP contribution in [-0.2, 0) is 4.79 Å². The number of hydrogen-bond acceptors (Lipinski definition) is 3. The monoisotopic (exact) mass is 350 g/mol. The lowest BCUT2D eigenvalue weighted by molar-refractivity contribution is -0.115. The first-order valence-electron chi connectivity index (χ1n) is 8.46. The zero-order chi connectivity index (χ0) is 18.8. The Balaban J connectivity index is 1.68. The van der Waals surface area contributed by atoms with Crippen molar-refractivity contribution in [3.63, 3.8) is 0 Å². The third-order valence-corrected chi connectivity index (χ3v) is 4.28. The van der Waals surface area contributed by atoms with Crippen molar-refractivity contribution in [2.75, 3.05) is 11.9 Å². The number of benzene rings is 2. The second-order valence-corrected chi connectivity index (χ2v) is 6.63. The average molecular weight is 350 g/mol. The molecule has 0 radical (unpaired) electrons. The summed E-state index contributed by atoms with van der Waals surface area (Å²) in [6, 6.07) is 9.75. The summed E-state index contributed by atoms with van der Waals surface area (Å²) in [5, 5.41) is 13.1. The van der Waals surface area contributed by atoms with Crippen molar-refractivity contribution in [1.29, 1.82) is 0 Å². The van der Waals surface area contributed by atoms with E-state index in [2.05, 4.69) is 20.8 Å². The number of carbonyl (C=O) groups is 2. The number of amides is 2. The lowest BCUT2D eigenvalue weighted by Crippen LogP contribution is -2.33. The number of fused-ring (bicyclic) bond motifs is 1. The molecule has 0 bridgehead atoms. The number of H-pyrrole nitrogens is 1. The molecular formula is C20H22N4O2. The standard InChI is InChI=1S/C20H22N4O2/c1-11-5-6-16-15(9-11)19(24-23-16)20(26)21-10-17(25)22-18-13(3)7-12(2)8-14(18)4/h5-9H,10H2,1-4H3,(H,21,26)(H,22,25)(H,23,24). The van der Waals surface area contributed by atoms with Crippen molar-refractivity contribution in [2.24, 2.45) is 0 Å². The molecule has 0 saturated carbocycles. The lowest BCUT2D eigenvalue weighted by Gasteiger charge is -2.13. The van der Waals surface area contributed by atoms with Gasteiger partial charge in [0.15, 0.2) is 5.69 Å². The van der Waals surface area contributed by atoms with E-state index in [1.165, 1.54) is 0 Å². The zero-order valence-corrected chi connectivity index (χ0v) is 15.4. The number of nitrogens with one attached hydrogen (secondary N) is 3. The molecular weight excluding hydrogens is 328 g/mol. The molecule has 3 N–H and O–H groups in total. The average Bonchev–Trinajstić information content (AvgIpc) is 2.99. The van der Waals surface area contributed by atoms with Gasteiger partial charge in [0.1, 0.15) is 0 Å². The summed E-state index contributed by atoms with van der Waals surface area (Å²) >= 11 is 0. The maximum atomic E-state index is 12.4. The van der Waals surface area contributed by atoms with Gasteiger partial charge in [-0.3, -0.25) is 14.7 Å². The number of aromatic nitrogens is 2. The number of hydrogen-bond donors (Lipinski definition) is 3. The molecule has 6 nitrogen and oxygen atoms in total. The molecule has 134 valence electrons. The summed E-state index contributed by atoms with van der Waals surface area (Å²) in [4.78, 5) is 24.6. The van der Waals surface area contributed by atoms with Crippen LogP contribution in [0.25, 0.3) is 10.9 Å². The van der Waals surface area contributed by atoms with E-state index in [0.717, 1.165) is 38.8 Å². The van der Waals surface area contributed by atoms with Crippen molar-refractivity contribution in [1.82, 2.24) is 15.5 Å². The van der Waals surface area contributed by atoms with Crippen molar-refractivity contribution in [3.8, 4) is 0 Å². The molecule has 1 aromatic heterocycles. The maximum Gasteiger partial charge on any atom is 0.272 e. The molecule has 0 aliphatic rings. The van der Waals surface area contributed by atoms with Crippen molar-refractivity contribution < 1.29 is 9.59 Å². The fourth-order valence-electron chi connectivity index (χ4n) is 3.11. The SMILES string of the molecule is Cc1cc(C)c(NC(=O)CNC(=O)c2n[nH]c3ccc(C)cc23)c(C)c1. The predicted octanol–water partition coefficient (Wildman–Crippen LogP) is 3.17. The van der Waals surface area contributed by atoms with Crippen LogP contribution in [0.2, 0.25) is 0 Å². The van der Waals surface area contributed by atoms with Crippen LogP contribution in [0.5, 0.6) is 0 Å². The molecule has 6 heteroatoms. The molecule has 0 aliphatic heterocycles.